The van der Waals surface area contributed by atoms with Crippen molar-refractivity contribution in [2.24, 2.45) is 0 Å². The van der Waals surface area contributed by atoms with Gasteiger partial charge in [-0.25, -0.2) is 0 Å². The molecule has 3 rings (SSSR count). The second-order valence-corrected chi connectivity index (χ2v) is 7.78. The van der Waals surface area contributed by atoms with Gasteiger partial charge in [0, 0.05) is 43.2 Å². The molecule has 0 aliphatic carbocycles. The van der Waals surface area contributed by atoms with Gasteiger partial charge in [-0.1, -0.05) is 32.0 Å². The van der Waals surface area contributed by atoms with Crippen LogP contribution in [-0.2, 0) is 11.2 Å². The second kappa shape index (κ2) is 9.79. The molecule has 0 spiro atoms. The summed E-state index contributed by atoms with van der Waals surface area (Å²) in [4.78, 5) is 17.4. The van der Waals surface area contributed by atoms with Crippen molar-refractivity contribution in [3.8, 4) is 0 Å². The SMILES string of the molecule is CCc1cccc(C)c1NC(=O)CNc1ccc(N2CCN(CC)CC2)cc1C. The third-order valence-electron chi connectivity index (χ3n) is 5.84. The molecule has 156 valence electrons. The average Bonchev–Trinajstić information content (AvgIpc) is 2.74. The number of piperazine rings is 1. The number of likely N-dealkylation sites (N-methyl/N-ethyl adjacent to an activating group) is 1. The minimum Gasteiger partial charge on any atom is -0.376 e. The van der Waals surface area contributed by atoms with Gasteiger partial charge in [-0.15, -0.1) is 0 Å². The maximum absolute atomic E-state index is 12.5. The van der Waals surface area contributed by atoms with Crippen molar-refractivity contribution in [2.75, 3.05) is 54.8 Å². The number of anilines is 3. The van der Waals surface area contributed by atoms with Crippen LogP contribution in [0.4, 0.5) is 17.1 Å². The Bertz CT molecular complexity index is 841. The van der Waals surface area contributed by atoms with E-state index in [-0.39, 0.29) is 12.5 Å². The number of nitrogens with one attached hydrogen (secondary N) is 2. The molecule has 2 aromatic carbocycles. The van der Waals surface area contributed by atoms with E-state index in [4.69, 9.17) is 0 Å². The summed E-state index contributed by atoms with van der Waals surface area (Å²) in [6, 6.07) is 12.6. The summed E-state index contributed by atoms with van der Waals surface area (Å²) in [5, 5.41) is 6.38. The standard InChI is InChI=1S/C24H34N4O/c1-5-20-9-7-8-18(3)24(20)26-23(29)17-25-22-11-10-21(16-19(22)4)28-14-12-27(6-2)13-15-28/h7-11,16,25H,5-6,12-15,17H2,1-4H3,(H,26,29). The van der Waals surface area contributed by atoms with Crippen molar-refractivity contribution < 1.29 is 4.79 Å². The van der Waals surface area contributed by atoms with E-state index in [9.17, 15) is 4.79 Å². The number of nitrogens with zero attached hydrogens (tertiary/aromatic N) is 2. The van der Waals surface area contributed by atoms with Crippen LogP contribution in [-0.4, -0.2) is 50.1 Å². The van der Waals surface area contributed by atoms with Gasteiger partial charge in [0.25, 0.3) is 0 Å². The zero-order valence-electron chi connectivity index (χ0n) is 18.2. The van der Waals surface area contributed by atoms with Gasteiger partial charge in [0.2, 0.25) is 5.91 Å². The monoisotopic (exact) mass is 394 g/mol. The van der Waals surface area contributed by atoms with Gasteiger partial charge in [-0.05, 0) is 61.7 Å². The molecule has 0 unspecified atom stereocenters. The number of carbonyl (C=O) groups excluding carboxylic acids is 1. The molecule has 29 heavy (non-hydrogen) atoms. The van der Waals surface area contributed by atoms with Gasteiger partial charge in [0.05, 0.1) is 6.54 Å². The lowest BCUT2D eigenvalue weighted by atomic mass is 10.1. The number of hydrogen-bond donors (Lipinski definition) is 2. The number of hydrogen-bond acceptors (Lipinski definition) is 4. The average molecular weight is 395 g/mol. The van der Waals surface area contributed by atoms with Gasteiger partial charge in [0.1, 0.15) is 0 Å². The fourth-order valence-electron chi connectivity index (χ4n) is 3.93. The molecule has 5 heteroatoms. The Morgan fingerprint density at radius 2 is 1.76 bits per heavy atom. The number of para-hydroxylation sites is 1. The normalized spacial score (nSPS) is 14.7. The maximum Gasteiger partial charge on any atom is 0.243 e. The van der Waals surface area contributed by atoms with Gasteiger partial charge >= 0.3 is 0 Å². The lowest BCUT2D eigenvalue weighted by Crippen LogP contribution is -2.46. The Labute approximate surface area is 175 Å². The van der Waals surface area contributed by atoms with Gasteiger partial charge in [-0.2, -0.15) is 0 Å². The summed E-state index contributed by atoms with van der Waals surface area (Å²) >= 11 is 0. The topological polar surface area (TPSA) is 47.6 Å². The first-order valence-corrected chi connectivity index (χ1v) is 10.7. The number of amides is 1. The van der Waals surface area contributed by atoms with E-state index in [0.717, 1.165) is 56.1 Å². The molecule has 5 nitrogen and oxygen atoms in total. The molecule has 0 aromatic heterocycles. The molecule has 0 bridgehead atoms. The lowest BCUT2D eigenvalue weighted by molar-refractivity contribution is -0.114. The highest BCUT2D eigenvalue weighted by atomic mass is 16.1. The predicted molar refractivity (Wildman–Crippen MR) is 123 cm³/mol. The number of rotatable bonds is 7. The van der Waals surface area contributed by atoms with Gasteiger partial charge in [-0.3, -0.25) is 4.79 Å². The number of benzene rings is 2. The highest BCUT2D eigenvalue weighted by Crippen LogP contribution is 2.24. The van der Waals surface area contributed by atoms with E-state index >= 15 is 0 Å². The maximum atomic E-state index is 12.5. The fourth-order valence-corrected chi connectivity index (χ4v) is 3.93. The molecule has 1 saturated heterocycles. The quantitative estimate of drug-likeness (QED) is 0.744. The number of aryl methyl sites for hydroxylation is 3. The first kappa shape index (κ1) is 21.2. The molecule has 0 radical (unpaired) electrons. The molecule has 2 N–H and O–H groups in total. The Morgan fingerprint density at radius 1 is 1.00 bits per heavy atom. The highest BCUT2D eigenvalue weighted by Gasteiger charge is 2.16. The van der Waals surface area contributed by atoms with E-state index in [1.165, 1.54) is 16.8 Å². The molecule has 2 aromatic rings. The van der Waals surface area contributed by atoms with Crippen LogP contribution in [0.1, 0.15) is 30.5 Å². The van der Waals surface area contributed by atoms with Gasteiger partial charge in [0.15, 0.2) is 0 Å². The molecular weight excluding hydrogens is 360 g/mol. The Hall–Kier alpha value is -2.53. The van der Waals surface area contributed by atoms with Crippen LogP contribution in [0.25, 0.3) is 0 Å². The van der Waals surface area contributed by atoms with E-state index in [2.05, 4.69) is 65.5 Å². The van der Waals surface area contributed by atoms with Crippen molar-refractivity contribution in [1.82, 2.24) is 4.90 Å². The summed E-state index contributed by atoms with van der Waals surface area (Å²) in [7, 11) is 0. The zero-order chi connectivity index (χ0) is 20.8. The van der Waals surface area contributed by atoms with Crippen molar-refractivity contribution >= 4 is 23.0 Å². The van der Waals surface area contributed by atoms with Crippen LogP contribution in [0.2, 0.25) is 0 Å². The molecule has 1 heterocycles. The third-order valence-corrected chi connectivity index (χ3v) is 5.84. The van der Waals surface area contributed by atoms with Crippen LogP contribution in [0, 0.1) is 13.8 Å². The van der Waals surface area contributed by atoms with E-state index in [1.54, 1.807) is 0 Å². The van der Waals surface area contributed by atoms with E-state index in [0.29, 0.717) is 0 Å². The highest BCUT2D eigenvalue weighted by molar-refractivity contribution is 5.95. The van der Waals surface area contributed by atoms with Crippen molar-refractivity contribution in [3.05, 3.63) is 53.1 Å². The van der Waals surface area contributed by atoms with Crippen LogP contribution in [0.5, 0.6) is 0 Å². The largest absolute Gasteiger partial charge is 0.376 e. The summed E-state index contributed by atoms with van der Waals surface area (Å²) in [5.74, 6) is -0.0202. The van der Waals surface area contributed by atoms with E-state index in [1.807, 2.05) is 19.1 Å². The van der Waals surface area contributed by atoms with Crippen LogP contribution in [0.15, 0.2) is 36.4 Å². The lowest BCUT2D eigenvalue weighted by Gasteiger charge is -2.35. The molecule has 1 amide bonds. The molecule has 0 atom stereocenters. The minimum absolute atomic E-state index is 0.0202. The van der Waals surface area contributed by atoms with Crippen LogP contribution >= 0.6 is 0 Å². The Balaban J connectivity index is 1.58. The van der Waals surface area contributed by atoms with E-state index < -0.39 is 0 Å². The zero-order valence-corrected chi connectivity index (χ0v) is 18.2. The third kappa shape index (κ3) is 5.30. The smallest absolute Gasteiger partial charge is 0.243 e. The Morgan fingerprint density at radius 3 is 2.41 bits per heavy atom. The van der Waals surface area contributed by atoms with Crippen molar-refractivity contribution in [2.45, 2.75) is 34.1 Å². The summed E-state index contributed by atoms with van der Waals surface area (Å²) in [6.45, 7) is 14.2. The van der Waals surface area contributed by atoms with Crippen LogP contribution in [0.3, 0.4) is 0 Å². The van der Waals surface area contributed by atoms with Crippen LogP contribution < -0.4 is 15.5 Å². The molecule has 1 fully saturated rings. The summed E-state index contributed by atoms with van der Waals surface area (Å²) in [5.41, 5.74) is 6.65. The minimum atomic E-state index is -0.0202. The molecule has 1 aliphatic rings. The molecule has 0 saturated carbocycles. The Kier molecular flexibility index (Phi) is 7.15. The van der Waals surface area contributed by atoms with Crippen molar-refractivity contribution in [1.29, 1.82) is 0 Å². The summed E-state index contributed by atoms with van der Waals surface area (Å²) < 4.78 is 0. The molecular formula is C24H34N4O. The van der Waals surface area contributed by atoms with Gasteiger partial charge < -0.3 is 20.4 Å². The second-order valence-electron chi connectivity index (χ2n) is 7.78. The number of carbonyl (C=O) groups is 1. The first-order chi connectivity index (χ1) is 14.0. The fraction of sp³-hybridized carbons (Fsp3) is 0.458. The molecule has 1 aliphatic heterocycles. The van der Waals surface area contributed by atoms with Crippen molar-refractivity contribution in [3.63, 3.8) is 0 Å². The first-order valence-electron chi connectivity index (χ1n) is 10.7. The predicted octanol–water partition coefficient (Wildman–Crippen LogP) is 4.06. The summed E-state index contributed by atoms with van der Waals surface area (Å²) in [6.07, 6.45) is 0.901.